The number of carbonyl (C=O) groups is 2. The fraction of sp³-hybridized carbons (Fsp3) is 0.400. The Morgan fingerprint density at radius 2 is 2.18 bits per heavy atom. The minimum Gasteiger partial charge on any atom is -0.369 e. The van der Waals surface area contributed by atoms with Crippen LogP contribution < -0.4 is 5.73 Å². The predicted octanol–water partition coefficient (Wildman–Crippen LogP) is 1.69. The molecule has 0 bridgehead atoms. The summed E-state index contributed by atoms with van der Waals surface area (Å²) in [5.41, 5.74) is 4.99. The Labute approximate surface area is 117 Å². The Bertz CT molecular complexity index is 409. The number of nitrogens with zero attached hydrogens (tertiary/aromatic N) is 1. The highest BCUT2D eigenvalue weighted by atomic mass is 79.9. The van der Waals surface area contributed by atoms with E-state index in [-0.39, 0.29) is 17.4 Å². The van der Waals surface area contributed by atoms with Crippen molar-refractivity contribution in [1.82, 2.24) is 4.90 Å². The highest BCUT2D eigenvalue weighted by molar-refractivity contribution is 9.11. The van der Waals surface area contributed by atoms with Crippen molar-refractivity contribution in [2.75, 3.05) is 18.6 Å². The Hall–Kier alpha value is -0.530. The summed E-state index contributed by atoms with van der Waals surface area (Å²) >= 11 is 6.22. The fourth-order valence-electron chi connectivity index (χ4n) is 1.11. The summed E-state index contributed by atoms with van der Waals surface area (Å²) in [7, 11) is 1.75. The number of primary amides is 1. The molecule has 4 nitrogen and oxygen atoms in total. The zero-order chi connectivity index (χ0) is 12.8. The van der Waals surface area contributed by atoms with Gasteiger partial charge in [0.15, 0.2) is 0 Å². The van der Waals surface area contributed by atoms with Crippen molar-refractivity contribution in [2.24, 2.45) is 5.73 Å². The lowest BCUT2D eigenvalue weighted by atomic mass is 10.4. The van der Waals surface area contributed by atoms with Gasteiger partial charge in [0.1, 0.15) is 0 Å². The molecule has 0 atom stereocenters. The van der Waals surface area contributed by atoms with Crippen molar-refractivity contribution in [3.8, 4) is 0 Å². The van der Waals surface area contributed by atoms with Crippen molar-refractivity contribution in [2.45, 2.75) is 6.54 Å². The van der Waals surface area contributed by atoms with E-state index in [1.165, 1.54) is 11.8 Å². The molecule has 0 aliphatic heterocycles. The lowest BCUT2D eigenvalue weighted by Gasteiger charge is -2.15. The second-order valence-electron chi connectivity index (χ2n) is 3.41. The van der Waals surface area contributed by atoms with E-state index in [4.69, 9.17) is 5.73 Å². The van der Waals surface area contributed by atoms with Crippen LogP contribution in [0.5, 0.6) is 0 Å². The normalized spacial score (nSPS) is 10.2. The number of rotatable bonds is 6. The maximum Gasteiger partial charge on any atom is 0.232 e. The van der Waals surface area contributed by atoms with Crippen LogP contribution in [0.15, 0.2) is 15.9 Å². The number of hydrogen-bond donors (Lipinski definition) is 1. The monoisotopic (exact) mass is 336 g/mol. The number of thiophene rings is 1. The average Bonchev–Trinajstić information content (AvgIpc) is 2.63. The molecule has 1 aromatic heterocycles. The molecular weight excluding hydrogens is 324 g/mol. The van der Waals surface area contributed by atoms with Crippen LogP contribution in [0.1, 0.15) is 4.88 Å². The fourth-order valence-corrected chi connectivity index (χ4v) is 3.34. The molecule has 0 spiro atoms. The molecule has 0 aliphatic carbocycles. The van der Waals surface area contributed by atoms with E-state index in [1.807, 2.05) is 12.1 Å². The quantitative estimate of drug-likeness (QED) is 0.859. The summed E-state index contributed by atoms with van der Waals surface area (Å²) in [4.78, 5) is 25.0. The Kier molecular flexibility index (Phi) is 6.01. The SMILES string of the molecule is CN(Cc1ccc(Br)s1)C(=O)CSCC(N)=O. The zero-order valence-electron chi connectivity index (χ0n) is 9.31. The number of hydrogen-bond acceptors (Lipinski definition) is 4. The second-order valence-corrected chi connectivity index (χ2v) is 6.95. The first-order valence-corrected chi connectivity index (χ1v) is 7.59. The Morgan fingerprint density at radius 1 is 1.47 bits per heavy atom. The van der Waals surface area contributed by atoms with Crippen LogP contribution >= 0.6 is 39.0 Å². The molecule has 17 heavy (non-hydrogen) atoms. The molecule has 0 saturated carbocycles. The summed E-state index contributed by atoms with van der Waals surface area (Å²) < 4.78 is 1.05. The summed E-state index contributed by atoms with van der Waals surface area (Å²) in [5.74, 6) is 0.0734. The molecule has 1 heterocycles. The Morgan fingerprint density at radius 3 is 2.71 bits per heavy atom. The van der Waals surface area contributed by atoms with Crippen LogP contribution in [0.25, 0.3) is 0 Å². The largest absolute Gasteiger partial charge is 0.369 e. The summed E-state index contributed by atoms with van der Waals surface area (Å²) in [5, 5.41) is 0. The smallest absolute Gasteiger partial charge is 0.232 e. The van der Waals surface area contributed by atoms with E-state index < -0.39 is 5.91 Å². The van der Waals surface area contributed by atoms with Crippen molar-refractivity contribution < 1.29 is 9.59 Å². The number of halogens is 1. The first-order chi connectivity index (χ1) is 7.99. The first-order valence-electron chi connectivity index (χ1n) is 4.83. The van der Waals surface area contributed by atoms with E-state index in [9.17, 15) is 9.59 Å². The number of nitrogens with two attached hydrogens (primary N) is 1. The number of carbonyl (C=O) groups excluding carboxylic acids is 2. The van der Waals surface area contributed by atoms with Crippen LogP contribution in [0.4, 0.5) is 0 Å². The minimum atomic E-state index is -0.396. The van der Waals surface area contributed by atoms with Crippen molar-refractivity contribution in [3.05, 3.63) is 20.8 Å². The van der Waals surface area contributed by atoms with Gasteiger partial charge in [-0.05, 0) is 28.1 Å². The highest BCUT2D eigenvalue weighted by Crippen LogP contribution is 2.23. The van der Waals surface area contributed by atoms with Gasteiger partial charge in [-0.15, -0.1) is 23.1 Å². The number of amides is 2. The summed E-state index contributed by atoms with van der Waals surface area (Å²) in [6.45, 7) is 0.590. The van der Waals surface area contributed by atoms with Crippen LogP contribution in [-0.2, 0) is 16.1 Å². The molecule has 0 saturated heterocycles. The Balaban J connectivity index is 2.34. The molecule has 0 aromatic carbocycles. The van der Waals surface area contributed by atoms with Gasteiger partial charge in [-0.25, -0.2) is 0 Å². The van der Waals surface area contributed by atoms with E-state index in [0.29, 0.717) is 6.54 Å². The third-order valence-corrected chi connectivity index (χ3v) is 4.47. The van der Waals surface area contributed by atoms with Gasteiger partial charge in [0.2, 0.25) is 11.8 Å². The standard InChI is InChI=1S/C10H13BrN2O2S2/c1-13(4-7-2-3-8(11)17-7)10(15)6-16-5-9(12)14/h2-3H,4-6H2,1H3,(H2,12,14). The van der Waals surface area contributed by atoms with Gasteiger partial charge >= 0.3 is 0 Å². The molecule has 0 fully saturated rings. The van der Waals surface area contributed by atoms with Crippen LogP contribution in [0.2, 0.25) is 0 Å². The van der Waals surface area contributed by atoms with E-state index in [1.54, 1.807) is 23.3 Å². The lowest BCUT2D eigenvalue weighted by Crippen LogP contribution is -2.28. The van der Waals surface area contributed by atoms with Crippen molar-refractivity contribution >= 4 is 50.8 Å². The van der Waals surface area contributed by atoms with Crippen LogP contribution in [0, 0.1) is 0 Å². The molecule has 2 N–H and O–H groups in total. The van der Waals surface area contributed by atoms with Crippen LogP contribution in [0.3, 0.4) is 0 Å². The van der Waals surface area contributed by atoms with Crippen molar-refractivity contribution in [3.63, 3.8) is 0 Å². The van der Waals surface area contributed by atoms with Crippen LogP contribution in [-0.4, -0.2) is 35.3 Å². The molecule has 0 unspecified atom stereocenters. The maximum atomic E-state index is 11.7. The van der Waals surface area contributed by atoms with E-state index in [0.717, 1.165) is 8.66 Å². The number of thioether (sulfide) groups is 1. The summed E-state index contributed by atoms with van der Waals surface area (Å²) in [6.07, 6.45) is 0. The highest BCUT2D eigenvalue weighted by Gasteiger charge is 2.10. The molecule has 7 heteroatoms. The molecule has 94 valence electrons. The minimum absolute atomic E-state index is 0.000715. The van der Waals surface area contributed by atoms with Gasteiger partial charge in [-0.3, -0.25) is 9.59 Å². The van der Waals surface area contributed by atoms with Crippen molar-refractivity contribution in [1.29, 1.82) is 0 Å². The zero-order valence-corrected chi connectivity index (χ0v) is 12.5. The predicted molar refractivity (Wildman–Crippen MR) is 75.0 cm³/mol. The topological polar surface area (TPSA) is 63.4 Å². The van der Waals surface area contributed by atoms with Gasteiger partial charge < -0.3 is 10.6 Å². The maximum absolute atomic E-state index is 11.7. The van der Waals surface area contributed by atoms with Gasteiger partial charge in [0, 0.05) is 11.9 Å². The average molecular weight is 337 g/mol. The van der Waals surface area contributed by atoms with E-state index >= 15 is 0 Å². The molecular formula is C10H13BrN2O2S2. The van der Waals surface area contributed by atoms with Gasteiger partial charge in [0.05, 0.1) is 21.8 Å². The molecule has 0 aliphatic rings. The molecule has 2 amide bonds. The van der Waals surface area contributed by atoms with Gasteiger partial charge in [-0.1, -0.05) is 0 Å². The second kappa shape index (κ2) is 7.03. The van der Waals surface area contributed by atoms with E-state index in [2.05, 4.69) is 15.9 Å². The van der Waals surface area contributed by atoms with Gasteiger partial charge in [-0.2, -0.15) is 0 Å². The summed E-state index contributed by atoms with van der Waals surface area (Å²) in [6, 6.07) is 3.94. The first kappa shape index (κ1) is 14.5. The third-order valence-electron chi connectivity index (χ3n) is 1.92. The molecule has 1 rings (SSSR count). The lowest BCUT2D eigenvalue weighted by molar-refractivity contribution is -0.127. The van der Waals surface area contributed by atoms with Gasteiger partial charge in [0.25, 0.3) is 0 Å². The molecule has 1 aromatic rings. The molecule has 0 radical (unpaired) electrons. The third kappa shape index (κ3) is 5.56.